The second-order valence-electron chi connectivity index (χ2n) is 10.0. The highest BCUT2D eigenvalue weighted by Crippen LogP contribution is 2.36. The van der Waals surface area contributed by atoms with Crippen LogP contribution in [-0.2, 0) is 11.3 Å². The zero-order chi connectivity index (χ0) is 27.5. The van der Waals surface area contributed by atoms with Crippen molar-refractivity contribution in [1.82, 2.24) is 9.88 Å². The maximum Gasteiger partial charge on any atom is 0.294 e. The number of aryl methyl sites for hydroxylation is 1. The van der Waals surface area contributed by atoms with Gasteiger partial charge in [-0.3, -0.25) is 14.5 Å². The van der Waals surface area contributed by atoms with Gasteiger partial charge in [0.15, 0.2) is 11.5 Å². The van der Waals surface area contributed by atoms with E-state index in [9.17, 15) is 9.59 Å². The summed E-state index contributed by atoms with van der Waals surface area (Å²) in [7, 11) is 0. The number of pyridine rings is 1. The topological polar surface area (TPSA) is 66.0 Å². The third-order valence-electron chi connectivity index (χ3n) is 7.25. The molecule has 0 bridgehead atoms. The van der Waals surface area contributed by atoms with E-state index in [1.54, 1.807) is 17.2 Å². The molecule has 2 aliphatic heterocycles. The van der Waals surface area contributed by atoms with Gasteiger partial charge < -0.3 is 14.5 Å². The summed E-state index contributed by atoms with van der Waals surface area (Å²) in [5.41, 5.74) is 4.35. The molecule has 6 rings (SSSR count). The van der Waals surface area contributed by atoms with E-state index in [4.69, 9.17) is 4.74 Å². The molecule has 2 aliphatic rings. The highest BCUT2D eigenvalue weighted by atomic mass is 16.5. The predicted octanol–water partition coefficient (Wildman–Crippen LogP) is 5.32. The lowest BCUT2D eigenvalue weighted by Crippen LogP contribution is -2.49. The molecule has 2 amide bonds. The van der Waals surface area contributed by atoms with Crippen molar-refractivity contribution in [2.24, 2.45) is 0 Å². The van der Waals surface area contributed by atoms with E-state index in [0.29, 0.717) is 30.9 Å². The van der Waals surface area contributed by atoms with Crippen molar-refractivity contribution in [3.05, 3.63) is 125 Å². The van der Waals surface area contributed by atoms with Gasteiger partial charge in [-0.15, -0.1) is 0 Å². The van der Waals surface area contributed by atoms with Crippen LogP contribution in [0, 0.1) is 6.92 Å². The molecular weight excluding hydrogens is 500 g/mol. The maximum absolute atomic E-state index is 13.6. The number of hydrogen-bond donors (Lipinski definition) is 0. The fourth-order valence-electron chi connectivity index (χ4n) is 5.15. The standard InChI is InChI=1S/C33H30N4O3/c1-24-7-6-8-26(21-24)23-37-28-9-2-3-10-29(28)40-30(33(37)39)22-25-12-14-27(15-13-25)32(38)36-19-17-35(18-20-36)31-11-4-5-16-34-31/h2-16,21-22H,17-20,23H2,1H3. The van der Waals surface area contributed by atoms with Crippen molar-refractivity contribution in [2.45, 2.75) is 13.5 Å². The number of nitrogens with zero attached hydrogens (tertiary/aromatic N) is 4. The highest BCUT2D eigenvalue weighted by Gasteiger charge is 2.30. The number of anilines is 2. The van der Waals surface area contributed by atoms with Crippen LogP contribution >= 0.6 is 0 Å². The van der Waals surface area contributed by atoms with E-state index in [2.05, 4.69) is 16.0 Å². The largest absolute Gasteiger partial charge is 0.449 e. The maximum atomic E-state index is 13.6. The SMILES string of the molecule is Cc1cccc(CN2C(=O)C(=Cc3ccc(C(=O)N4CCN(c5ccccn5)CC4)cc3)Oc3ccccc32)c1. The van der Waals surface area contributed by atoms with Crippen LogP contribution in [0.5, 0.6) is 5.75 Å². The van der Waals surface area contributed by atoms with E-state index in [1.165, 1.54) is 0 Å². The third-order valence-corrected chi connectivity index (χ3v) is 7.25. The number of benzene rings is 3. The molecule has 0 radical (unpaired) electrons. The Morgan fingerprint density at radius 1 is 0.900 bits per heavy atom. The summed E-state index contributed by atoms with van der Waals surface area (Å²) < 4.78 is 6.04. The monoisotopic (exact) mass is 530 g/mol. The van der Waals surface area contributed by atoms with Crippen molar-refractivity contribution in [3.63, 3.8) is 0 Å². The summed E-state index contributed by atoms with van der Waals surface area (Å²) in [5.74, 6) is 1.62. The van der Waals surface area contributed by atoms with Gasteiger partial charge in [-0.05, 0) is 60.5 Å². The molecule has 0 unspecified atom stereocenters. The van der Waals surface area contributed by atoms with E-state index in [1.807, 2.05) is 96.8 Å². The average molecular weight is 531 g/mol. The lowest BCUT2D eigenvalue weighted by molar-refractivity contribution is -0.117. The van der Waals surface area contributed by atoms with Crippen LogP contribution in [0.25, 0.3) is 6.08 Å². The first-order chi connectivity index (χ1) is 19.5. The first kappa shape index (κ1) is 25.4. The van der Waals surface area contributed by atoms with Crippen molar-refractivity contribution >= 4 is 29.4 Å². The molecule has 4 aromatic rings. The number of aromatic nitrogens is 1. The predicted molar refractivity (Wildman–Crippen MR) is 156 cm³/mol. The Hall–Kier alpha value is -4.91. The first-order valence-electron chi connectivity index (χ1n) is 13.5. The molecule has 7 heteroatoms. The van der Waals surface area contributed by atoms with Gasteiger partial charge >= 0.3 is 0 Å². The van der Waals surface area contributed by atoms with Crippen LogP contribution in [0.4, 0.5) is 11.5 Å². The summed E-state index contributed by atoms with van der Waals surface area (Å²) in [6.07, 6.45) is 3.53. The van der Waals surface area contributed by atoms with Gasteiger partial charge in [0.1, 0.15) is 5.82 Å². The molecule has 0 atom stereocenters. The minimum Gasteiger partial charge on any atom is -0.449 e. The molecule has 3 heterocycles. The number of hydrogen-bond acceptors (Lipinski definition) is 5. The van der Waals surface area contributed by atoms with Crippen molar-refractivity contribution < 1.29 is 14.3 Å². The fraction of sp³-hybridized carbons (Fsp3) is 0.182. The zero-order valence-electron chi connectivity index (χ0n) is 22.4. The number of ether oxygens (including phenoxy) is 1. The summed E-state index contributed by atoms with van der Waals surface area (Å²) in [6.45, 7) is 5.25. The second-order valence-corrected chi connectivity index (χ2v) is 10.0. The second kappa shape index (κ2) is 11.1. The molecule has 1 aromatic heterocycles. The Morgan fingerprint density at radius 2 is 1.68 bits per heavy atom. The number of fused-ring (bicyclic) bond motifs is 1. The van der Waals surface area contributed by atoms with Crippen LogP contribution in [0.3, 0.4) is 0 Å². The summed E-state index contributed by atoms with van der Waals surface area (Å²) in [5, 5.41) is 0. The third kappa shape index (κ3) is 5.31. The van der Waals surface area contributed by atoms with Crippen LogP contribution < -0.4 is 14.5 Å². The Bertz CT molecular complexity index is 1560. The minimum atomic E-state index is -0.203. The Balaban J connectivity index is 1.17. The van der Waals surface area contributed by atoms with Crippen molar-refractivity contribution in [3.8, 4) is 5.75 Å². The number of para-hydroxylation sites is 2. The summed E-state index contributed by atoms with van der Waals surface area (Å²) in [4.78, 5) is 37.0. The van der Waals surface area contributed by atoms with Gasteiger partial charge in [0.2, 0.25) is 0 Å². The quantitative estimate of drug-likeness (QED) is 0.327. The average Bonchev–Trinajstić information content (AvgIpc) is 3.00. The number of carbonyl (C=O) groups is 2. The van der Waals surface area contributed by atoms with E-state index in [0.717, 1.165) is 41.3 Å². The summed E-state index contributed by atoms with van der Waals surface area (Å²) >= 11 is 0. The fourth-order valence-corrected chi connectivity index (χ4v) is 5.15. The van der Waals surface area contributed by atoms with Gasteiger partial charge in [-0.1, -0.05) is 60.2 Å². The lowest BCUT2D eigenvalue weighted by atomic mass is 10.1. The van der Waals surface area contributed by atoms with Crippen LogP contribution in [-0.4, -0.2) is 47.9 Å². The zero-order valence-corrected chi connectivity index (χ0v) is 22.4. The molecule has 0 aliphatic carbocycles. The van der Waals surface area contributed by atoms with Gasteiger partial charge in [-0.2, -0.15) is 0 Å². The van der Waals surface area contributed by atoms with Crippen LogP contribution in [0.2, 0.25) is 0 Å². The molecule has 1 saturated heterocycles. The van der Waals surface area contributed by atoms with E-state index < -0.39 is 0 Å². The Morgan fingerprint density at radius 3 is 2.42 bits per heavy atom. The lowest BCUT2D eigenvalue weighted by Gasteiger charge is -2.35. The molecule has 1 fully saturated rings. The molecule has 0 saturated carbocycles. The molecule has 0 spiro atoms. The Kier molecular flexibility index (Phi) is 7.02. The normalized spacial score (nSPS) is 16.1. The molecule has 40 heavy (non-hydrogen) atoms. The van der Waals surface area contributed by atoms with E-state index in [-0.39, 0.29) is 17.6 Å². The van der Waals surface area contributed by atoms with E-state index >= 15 is 0 Å². The molecule has 200 valence electrons. The highest BCUT2D eigenvalue weighted by molar-refractivity contribution is 6.09. The van der Waals surface area contributed by atoms with Crippen LogP contribution in [0.15, 0.2) is 103 Å². The van der Waals surface area contributed by atoms with Crippen molar-refractivity contribution in [2.75, 3.05) is 36.0 Å². The van der Waals surface area contributed by atoms with Crippen LogP contribution in [0.1, 0.15) is 27.0 Å². The smallest absolute Gasteiger partial charge is 0.294 e. The first-order valence-corrected chi connectivity index (χ1v) is 13.5. The molecular formula is C33H30N4O3. The molecule has 0 N–H and O–H groups in total. The minimum absolute atomic E-state index is 0.00289. The summed E-state index contributed by atoms with van der Waals surface area (Å²) in [6, 6.07) is 28.9. The van der Waals surface area contributed by atoms with Gasteiger partial charge in [-0.25, -0.2) is 4.98 Å². The van der Waals surface area contributed by atoms with Gasteiger partial charge in [0.05, 0.1) is 12.2 Å². The van der Waals surface area contributed by atoms with Crippen molar-refractivity contribution in [1.29, 1.82) is 0 Å². The number of rotatable bonds is 5. The Labute approximate surface area is 233 Å². The number of amides is 2. The molecule has 7 nitrogen and oxygen atoms in total. The molecule has 3 aromatic carbocycles. The number of carbonyl (C=O) groups excluding carboxylic acids is 2. The van der Waals surface area contributed by atoms with Gasteiger partial charge in [0, 0.05) is 37.9 Å². The van der Waals surface area contributed by atoms with Gasteiger partial charge in [0.25, 0.3) is 11.8 Å². The number of piperazine rings is 1.